The third kappa shape index (κ3) is 3.63. The van der Waals surface area contributed by atoms with Gasteiger partial charge < -0.3 is 10.6 Å². The van der Waals surface area contributed by atoms with Gasteiger partial charge in [-0.25, -0.2) is 4.98 Å². The van der Waals surface area contributed by atoms with Gasteiger partial charge >= 0.3 is 0 Å². The van der Waals surface area contributed by atoms with Gasteiger partial charge in [-0.1, -0.05) is 20.8 Å². The maximum absolute atomic E-state index is 4.34. The maximum atomic E-state index is 4.34. The Hall–Kier alpha value is -0.840. The Bertz CT molecular complexity index is 341. The number of hydrogen-bond donors (Lipinski definition) is 2. The summed E-state index contributed by atoms with van der Waals surface area (Å²) in [5, 5.41) is 6.25. The second-order valence-electron chi connectivity index (χ2n) is 4.24. The van der Waals surface area contributed by atoms with Crippen molar-refractivity contribution in [2.24, 2.45) is 11.8 Å². The van der Waals surface area contributed by atoms with Gasteiger partial charge in [0.1, 0.15) is 5.82 Å². The first-order chi connectivity index (χ1) is 7.54. The van der Waals surface area contributed by atoms with E-state index in [1.54, 1.807) is 6.20 Å². The Labute approximate surface area is 105 Å². The molecule has 0 saturated heterocycles. The van der Waals surface area contributed by atoms with Crippen molar-refractivity contribution in [2.45, 2.75) is 20.8 Å². The summed E-state index contributed by atoms with van der Waals surface area (Å²) in [6.07, 6.45) is 1.75. The van der Waals surface area contributed by atoms with Gasteiger partial charge in [0.15, 0.2) is 0 Å². The van der Waals surface area contributed by atoms with Crippen molar-refractivity contribution in [3.63, 3.8) is 0 Å². The average molecular weight is 287 g/mol. The third-order valence-corrected chi connectivity index (χ3v) is 3.28. The molecule has 1 unspecified atom stereocenters. The van der Waals surface area contributed by atoms with Gasteiger partial charge in [0.2, 0.25) is 5.95 Å². The molecule has 0 aliphatic heterocycles. The Morgan fingerprint density at radius 1 is 1.38 bits per heavy atom. The van der Waals surface area contributed by atoms with Crippen LogP contribution < -0.4 is 10.6 Å². The van der Waals surface area contributed by atoms with Crippen LogP contribution in [0.4, 0.5) is 11.8 Å². The molecule has 0 aliphatic carbocycles. The summed E-state index contributed by atoms with van der Waals surface area (Å²) in [7, 11) is 1.81. The van der Waals surface area contributed by atoms with Crippen LogP contribution >= 0.6 is 15.9 Å². The largest absolute Gasteiger partial charge is 0.369 e. The first-order valence-electron chi connectivity index (χ1n) is 5.48. The Kier molecular flexibility index (Phi) is 4.99. The zero-order valence-corrected chi connectivity index (χ0v) is 11.8. The number of nitrogens with one attached hydrogen (secondary N) is 2. The SMILES string of the molecule is CNc1ncc(Br)c(NCC(C)C(C)C)n1. The zero-order valence-electron chi connectivity index (χ0n) is 10.2. The standard InChI is InChI=1S/C11H19BrN4/c1-7(2)8(3)5-14-10-9(12)6-15-11(13-4)16-10/h6-8H,5H2,1-4H3,(H2,13,14,15,16). The lowest BCUT2D eigenvalue weighted by Gasteiger charge is -2.17. The summed E-state index contributed by atoms with van der Waals surface area (Å²) >= 11 is 3.43. The minimum absolute atomic E-state index is 0.611. The molecule has 1 aromatic rings. The molecule has 0 saturated carbocycles. The second kappa shape index (κ2) is 6.03. The predicted octanol–water partition coefficient (Wildman–Crippen LogP) is 2.98. The fourth-order valence-electron chi connectivity index (χ4n) is 1.10. The molecule has 1 rings (SSSR count). The quantitative estimate of drug-likeness (QED) is 0.874. The van der Waals surface area contributed by atoms with Crippen LogP contribution in [0.15, 0.2) is 10.7 Å². The molecular weight excluding hydrogens is 268 g/mol. The minimum atomic E-state index is 0.611. The summed E-state index contributed by atoms with van der Waals surface area (Å²) in [6.45, 7) is 7.59. The van der Waals surface area contributed by atoms with E-state index in [-0.39, 0.29) is 0 Å². The van der Waals surface area contributed by atoms with Crippen LogP contribution in [-0.2, 0) is 0 Å². The number of nitrogens with zero attached hydrogens (tertiary/aromatic N) is 2. The van der Waals surface area contributed by atoms with Crippen molar-refractivity contribution in [3.05, 3.63) is 10.7 Å². The second-order valence-corrected chi connectivity index (χ2v) is 5.10. The van der Waals surface area contributed by atoms with E-state index in [1.165, 1.54) is 0 Å². The molecule has 0 amide bonds. The van der Waals surface area contributed by atoms with Crippen molar-refractivity contribution >= 4 is 27.7 Å². The number of aromatic nitrogens is 2. The summed E-state index contributed by atoms with van der Waals surface area (Å²) < 4.78 is 0.891. The lowest BCUT2D eigenvalue weighted by Crippen LogP contribution is -2.17. The van der Waals surface area contributed by atoms with Crippen LogP contribution in [0.3, 0.4) is 0 Å². The molecule has 0 fully saturated rings. The van der Waals surface area contributed by atoms with Gasteiger partial charge in [-0.2, -0.15) is 4.98 Å². The summed E-state index contributed by atoms with van der Waals surface area (Å²) in [4.78, 5) is 8.45. The normalized spacial score (nSPS) is 12.6. The van der Waals surface area contributed by atoms with E-state index in [1.807, 2.05) is 7.05 Å². The van der Waals surface area contributed by atoms with E-state index in [4.69, 9.17) is 0 Å². The van der Waals surface area contributed by atoms with Gasteiger partial charge in [0.05, 0.1) is 4.47 Å². The number of halogens is 1. The van der Waals surface area contributed by atoms with E-state index < -0.39 is 0 Å². The third-order valence-electron chi connectivity index (χ3n) is 2.70. The highest BCUT2D eigenvalue weighted by atomic mass is 79.9. The molecule has 1 aromatic heterocycles. The topological polar surface area (TPSA) is 49.8 Å². The van der Waals surface area contributed by atoms with E-state index in [0.717, 1.165) is 16.8 Å². The number of rotatable bonds is 5. The Morgan fingerprint density at radius 2 is 2.06 bits per heavy atom. The van der Waals surface area contributed by atoms with Crippen LogP contribution in [0.2, 0.25) is 0 Å². The van der Waals surface area contributed by atoms with Gasteiger partial charge in [-0.15, -0.1) is 0 Å². The molecule has 0 aromatic carbocycles. The van der Waals surface area contributed by atoms with Crippen molar-refractivity contribution in [3.8, 4) is 0 Å². The molecule has 90 valence electrons. The smallest absolute Gasteiger partial charge is 0.224 e. The summed E-state index contributed by atoms with van der Waals surface area (Å²) in [5.41, 5.74) is 0. The zero-order chi connectivity index (χ0) is 12.1. The van der Waals surface area contributed by atoms with Crippen LogP contribution in [-0.4, -0.2) is 23.6 Å². The molecular formula is C11H19BrN4. The lowest BCUT2D eigenvalue weighted by atomic mass is 9.98. The molecule has 1 heterocycles. The molecule has 0 bridgehead atoms. The van der Waals surface area contributed by atoms with Crippen LogP contribution in [0.1, 0.15) is 20.8 Å². The van der Waals surface area contributed by atoms with Crippen LogP contribution in [0, 0.1) is 11.8 Å². The van der Waals surface area contributed by atoms with E-state index in [9.17, 15) is 0 Å². The first kappa shape index (κ1) is 13.2. The van der Waals surface area contributed by atoms with Crippen molar-refractivity contribution < 1.29 is 0 Å². The fourth-order valence-corrected chi connectivity index (χ4v) is 1.44. The summed E-state index contributed by atoms with van der Waals surface area (Å²) in [6, 6.07) is 0. The Morgan fingerprint density at radius 3 is 2.62 bits per heavy atom. The molecule has 5 heteroatoms. The van der Waals surface area contributed by atoms with E-state index in [2.05, 4.69) is 57.3 Å². The highest BCUT2D eigenvalue weighted by molar-refractivity contribution is 9.10. The van der Waals surface area contributed by atoms with Gasteiger partial charge in [0, 0.05) is 19.8 Å². The lowest BCUT2D eigenvalue weighted by molar-refractivity contribution is 0.439. The average Bonchev–Trinajstić information content (AvgIpc) is 2.27. The van der Waals surface area contributed by atoms with Gasteiger partial charge in [-0.05, 0) is 27.8 Å². The molecule has 0 spiro atoms. The molecule has 16 heavy (non-hydrogen) atoms. The molecule has 4 nitrogen and oxygen atoms in total. The fraction of sp³-hybridized carbons (Fsp3) is 0.636. The minimum Gasteiger partial charge on any atom is -0.369 e. The molecule has 2 N–H and O–H groups in total. The van der Waals surface area contributed by atoms with Gasteiger partial charge in [0.25, 0.3) is 0 Å². The number of hydrogen-bond acceptors (Lipinski definition) is 4. The van der Waals surface area contributed by atoms with Crippen molar-refractivity contribution in [2.75, 3.05) is 24.2 Å². The van der Waals surface area contributed by atoms with E-state index >= 15 is 0 Å². The Balaban J connectivity index is 2.65. The highest BCUT2D eigenvalue weighted by Gasteiger charge is 2.09. The monoisotopic (exact) mass is 286 g/mol. The van der Waals surface area contributed by atoms with Crippen LogP contribution in [0.25, 0.3) is 0 Å². The van der Waals surface area contributed by atoms with Crippen LogP contribution in [0.5, 0.6) is 0 Å². The van der Waals surface area contributed by atoms with E-state index in [0.29, 0.717) is 17.8 Å². The summed E-state index contributed by atoms with van der Waals surface area (Å²) in [5.74, 6) is 2.74. The van der Waals surface area contributed by atoms with Gasteiger partial charge in [-0.3, -0.25) is 0 Å². The molecule has 0 radical (unpaired) electrons. The molecule has 0 aliphatic rings. The highest BCUT2D eigenvalue weighted by Crippen LogP contribution is 2.21. The van der Waals surface area contributed by atoms with Crippen molar-refractivity contribution in [1.82, 2.24) is 9.97 Å². The molecule has 1 atom stereocenters. The van der Waals surface area contributed by atoms with Crippen molar-refractivity contribution in [1.29, 1.82) is 0 Å². The first-order valence-corrected chi connectivity index (χ1v) is 6.28. The predicted molar refractivity (Wildman–Crippen MR) is 71.8 cm³/mol. The number of anilines is 2. The maximum Gasteiger partial charge on any atom is 0.224 e.